The molecule has 3 heteroatoms. The summed E-state index contributed by atoms with van der Waals surface area (Å²) in [5.74, 6) is 0. The van der Waals surface area contributed by atoms with Crippen molar-refractivity contribution in [1.29, 1.82) is 0 Å². The largest absolute Gasteiger partial charge is 0.310 e. The van der Waals surface area contributed by atoms with Gasteiger partial charge in [0.25, 0.3) is 0 Å². The Morgan fingerprint density at radius 2 is 1.32 bits per heavy atom. The second-order valence-corrected chi connectivity index (χ2v) is 7.22. The van der Waals surface area contributed by atoms with Crippen molar-refractivity contribution in [1.82, 2.24) is 9.38 Å². The van der Waals surface area contributed by atoms with E-state index in [-0.39, 0.29) is 0 Å². The van der Waals surface area contributed by atoms with Crippen LogP contribution >= 0.6 is 0 Å². The van der Waals surface area contributed by atoms with Crippen LogP contribution in [0.4, 0.5) is 17.1 Å². The van der Waals surface area contributed by atoms with E-state index in [0.29, 0.717) is 0 Å². The maximum Gasteiger partial charge on any atom is 0.144 e. The van der Waals surface area contributed by atoms with Gasteiger partial charge in [-0.15, -0.1) is 0 Å². The molecule has 0 aliphatic heterocycles. The molecular formula is C25H21N3. The number of nitrogens with zero attached hydrogens (tertiary/aromatic N) is 3. The van der Waals surface area contributed by atoms with Crippen molar-refractivity contribution in [3.05, 3.63) is 103 Å². The van der Waals surface area contributed by atoms with Crippen LogP contribution in [-0.2, 0) is 0 Å². The smallest absolute Gasteiger partial charge is 0.144 e. The predicted octanol–water partition coefficient (Wildman–Crippen LogP) is 6.57. The first-order chi connectivity index (χ1) is 13.7. The summed E-state index contributed by atoms with van der Waals surface area (Å²) in [7, 11) is 0. The third-order valence-corrected chi connectivity index (χ3v) is 5.22. The fourth-order valence-electron chi connectivity index (χ4n) is 3.73. The van der Waals surface area contributed by atoms with Gasteiger partial charge < -0.3 is 9.30 Å². The fourth-order valence-corrected chi connectivity index (χ4v) is 3.73. The van der Waals surface area contributed by atoms with E-state index in [1.54, 1.807) is 0 Å². The summed E-state index contributed by atoms with van der Waals surface area (Å²) >= 11 is 0. The number of anilines is 3. The van der Waals surface area contributed by atoms with E-state index < -0.39 is 0 Å². The zero-order valence-corrected chi connectivity index (χ0v) is 16.0. The lowest BCUT2D eigenvalue weighted by Gasteiger charge is -2.27. The molecule has 0 aliphatic carbocycles. The number of imidazole rings is 1. The van der Waals surface area contributed by atoms with Crippen LogP contribution in [0.25, 0.3) is 16.4 Å². The molecule has 5 aromatic rings. The molecule has 0 saturated heterocycles. The summed E-state index contributed by atoms with van der Waals surface area (Å²) in [5.41, 5.74) is 6.92. The molecule has 0 saturated carbocycles. The zero-order chi connectivity index (χ0) is 19.1. The van der Waals surface area contributed by atoms with Gasteiger partial charge in [-0.2, -0.15) is 0 Å². The van der Waals surface area contributed by atoms with Gasteiger partial charge in [0.2, 0.25) is 0 Å². The molecule has 3 nitrogen and oxygen atoms in total. The van der Waals surface area contributed by atoms with Gasteiger partial charge >= 0.3 is 0 Å². The Morgan fingerprint density at radius 1 is 0.679 bits per heavy atom. The van der Waals surface area contributed by atoms with Crippen LogP contribution < -0.4 is 4.90 Å². The molecular weight excluding hydrogens is 342 g/mol. The van der Waals surface area contributed by atoms with Crippen molar-refractivity contribution in [3.63, 3.8) is 0 Å². The number of rotatable bonds is 3. The molecule has 3 aromatic carbocycles. The number of benzene rings is 3. The third kappa shape index (κ3) is 2.72. The van der Waals surface area contributed by atoms with Gasteiger partial charge in [-0.1, -0.05) is 47.5 Å². The molecule has 0 atom stereocenters. The summed E-state index contributed by atoms with van der Waals surface area (Å²) in [6, 6.07) is 26.0. The first-order valence-electron chi connectivity index (χ1n) is 9.48. The first-order valence-corrected chi connectivity index (χ1v) is 9.48. The second kappa shape index (κ2) is 6.54. The third-order valence-electron chi connectivity index (χ3n) is 5.22. The van der Waals surface area contributed by atoms with E-state index in [1.165, 1.54) is 16.5 Å². The Balaban J connectivity index is 1.79. The van der Waals surface area contributed by atoms with Crippen molar-refractivity contribution >= 4 is 33.5 Å². The quantitative estimate of drug-likeness (QED) is 0.361. The number of fused-ring (bicyclic) bond motifs is 3. The molecule has 2 aromatic heterocycles. The lowest BCUT2D eigenvalue weighted by molar-refractivity contribution is 1.20. The minimum atomic E-state index is 0.979. The van der Waals surface area contributed by atoms with Crippen molar-refractivity contribution in [2.24, 2.45) is 0 Å². The minimum absolute atomic E-state index is 0.979. The lowest BCUT2D eigenvalue weighted by Crippen LogP contribution is -2.10. The topological polar surface area (TPSA) is 20.5 Å². The van der Waals surface area contributed by atoms with E-state index in [4.69, 9.17) is 0 Å². The molecule has 0 radical (unpaired) electrons. The molecule has 2 heterocycles. The van der Waals surface area contributed by atoms with Crippen molar-refractivity contribution < 1.29 is 0 Å². The van der Waals surface area contributed by atoms with Crippen LogP contribution in [0.15, 0.2) is 91.4 Å². The molecule has 0 amide bonds. The lowest BCUT2D eigenvalue weighted by atomic mass is 10.1. The molecule has 0 N–H and O–H groups in total. The zero-order valence-electron chi connectivity index (χ0n) is 16.0. The highest BCUT2D eigenvalue weighted by Crippen LogP contribution is 2.39. The highest BCUT2D eigenvalue weighted by Gasteiger charge is 2.16. The van der Waals surface area contributed by atoms with Crippen molar-refractivity contribution in [2.45, 2.75) is 13.8 Å². The number of hydrogen-bond donors (Lipinski definition) is 0. The van der Waals surface area contributed by atoms with Gasteiger partial charge in [-0.3, -0.25) is 0 Å². The Kier molecular flexibility index (Phi) is 3.87. The van der Waals surface area contributed by atoms with Crippen LogP contribution in [0.2, 0.25) is 0 Å². The van der Waals surface area contributed by atoms with Gasteiger partial charge in [0.15, 0.2) is 0 Å². The second-order valence-electron chi connectivity index (χ2n) is 7.22. The summed E-state index contributed by atoms with van der Waals surface area (Å²) in [6.07, 6.45) is 5.91. The standard InChI is InChI=1S/C25H21N3/c1-18-6-10-20(11-7-18)28(21-12-8-19(2)9-13-21)24-5-3-4-23-22(24)14-16-27-17-15-26-25(23)27/h3-17H,1-2H3. The molecule has 5 rings (SSSR count). The molecule has 0 bridgehead atoms. The average molecular weight is 363 g/mol. The number of aryl methyl sites for hydroxylation is 2. The van der Waals surface area contributed by atoms with Crippen LogP contribution in [0.3, 0.4) is 0 Å². The SMILES string of the molecule is Cc1ccc(N(c2ccc(C)cc2)c2cccc3c2ccn2ccnc32)cc1. The Bertz CT molecular complexity index is 1220. The van der Waals surface area contributed by atoms with Crippen LogP contribution in [0.1, 0.15) is 11.1 Å². The summed E-state index contributed by atoms with van der Waals surface area (Å²) < 4.78 is 2.06. The molecule has 0 unspecified atom stereocenters. The van der Waals surface area contributed by atoms with E-state index in [0.717, 1.165) is 28.1 Å². The Labute approximate surface area is 164 Å². The van der Waals surface area contributed by atoms with Crippen LogP contribution in [-0.4, -0.2) is 9.38 Å². The molecule has 136 valence electrons. The van der Waals surface area contributed by atoms with Crippen LogP contribution in [0.5, 0.6) is 0 Å². The normalized spacial score (nSPS) is 11.2. The molecule has 0 fully saturated rings. The molecule has 0 aliphatic rings. The fraction of sp³-hybridized carbons (Fsp3) is 0.0800. The van der Waals surface area contributed by atoms with Gasteiger partial charge in [0, 0.05) is 40.7 Å². The maximum absolute atomic E-state index is 4.56. The van der Waals surface area contributed by atoms with Gasteiger partial charge in [-0.25, -0.2) is 4.98 Å². The minimum Gasteiger partial charge on any atom is -0.310 e. The van der Waals surface area contributed by atoms with E-state index in [1.807, 2.05) is 12.4 Å². The van der Waals surface area contributed by atoms with Gasteiger partial charge in [0.1, 0.15) is 5.65 Å². The Morgan fingerprint density at radius 3 is 1.96 bits per heavy atom. The van der Waals surface area contributed by atoms with E-state index in [9.17, 15) is 0 Å². The summed E-state index contributed by atoms with van der Waals surface area (Å²) in [6.45, 7) is 4.24. The van der Waals surface area contributed by atoms with E-state index >= 15 is 0 Å². The Hall–Kier alpha value is -3.59. The van der Waals surface area contributed by atoms with Gasteiger partial charge in [-0.05, 0) is 50.2 Å². The average Bonchev–Trinajstić information content (AvgIpc) is 3.20. The molecule has 28 heavy (non-hydrogen) atoms. The summed E-state index contributed by atoms with van der Waals surface area (Å²) in [4.78, 5) is 6.88. The maximum atomic E-state index is 4.56. The predicted molar refractivity (Wildman–Crippen MR) is 117 cm³/mol. The number of aromatic nitrogens is 2. The monoisotopic (exact) mass is 363 g/mol. The molecule has 0 spiro atoms. The number of pyridine rings is 1. The highest BCUT2D eigenvalue weighted by molar-refractivity contribution is 6.04. The van der Waals surface area contributed by atoms with E-state index in [2.05, 4.69) is 107 Å². The van der Waals surface area contributed by atoms with Gasteiger partial charge in [0.05, 0.1) is 5.69 Å². The first kappa shape index (κ1) is 16.6. The number of hydrogen-bond acceptors (Lipinski definition) is 2. The highest BCUT2D eigenvalue weighted by atomic mass is 15.1. The summed E-state index contributed by atoms with van der Waals surface area (Å²) in [5, 5.41) is 2.33. The van der Waals surface area contributed by atoms with Crippen molar-refractivity contribution in [2.75, 3.05) is 4.90 Å². The van der Waals surface area contributed by atoms with Crippen molar-refractivity contribution in [3.8, 4) is 0 Å². The van der Waals surface area contributed by atoms with Crippen LogP contribution in [0, 0.1) is 13.8 Å².